The molecule has 8 nitrogen and oxygen atoms in total. The number of nitrogens with zero attached hydrogens (tertiary/aromatic N) is 2. The molecule has 2 amide bonds. The van der Waals surface area contributed by atoms with Crippen molar-refractivity contribution < 1.29 is 19.5 Å². The fraction of sp³-hybridized carbons (Fsp3) is 0.250. The van der Waals surface area contributed by atoms with Crippen molar-refractivity contribution >= 4 is 34.8 Å². The molecule has 0 aromatic heterocycles. The molecule has 3 N–H and O–H groups in total. The van der Waals surface area contributed by atoms with E-state index in [9.17, 15) is 19.5 Å². The van der Waals surface area contributed by atoms with Crippen LogP contribution in [0.4, 0.5) is 17.1 Å². The molecule has 0 aliphatic carbocycles. The number of carboxylic acids is 1. The summed E-state index contributed by atoms with van der Waals surface area (Å²) in [6.45, 7) is 6.80. The van der Waals surface area contributed by atoms with Crippen molar-refractivity contribution in [3.63, 3.8) is 0 Å². The first-order valence-corrected chi connectivity index (χ1v) is 11.9. The fourth-order valence-corrected chi connectivity index (χ4v) is 4.24. The van der Waals surface area contributed by atoms with Gasteiger partial charge in [-0.15, -0.1) is 0 Å². The van der Waals surface area contributed by atoms with Gasteiger partial charge in [0.05, 0.1) is 17.8 Å². The first kappa shape index (κ1) is 24.9. The number of carbonyl (C=O) groups is 3. The van der Waals surface area contributed by atoms with Gasteiger partial charge in [0.25, 0.3) is 5.91 Å². The van der Waals surface area contributed by atoms with Crippen LogP contribution in [0, 0.1) is 13.8 Å². The molecule has 0 unspecified atom stereocenters. The van der Waals surface area contributed by atoms with Crippen LogP contribution >= 0.6 is 0 Å². The van der Waals surface area contributed by atoms with Gasteiger partial charge >= 0.3 is 5.97 Å². The lowest BCUT2D eigenvalue weighted by Crippen LogP contribution is -2.48. The molecule has 3 aromatic carbocycles. The molecule has 1 aliphatic heterocycles. The van der Waals surface area contributed by atoms with E-state index in [0.29, 0.717) is 38.3 Å². The molecule has 0 bridgehead atoms. The van der Waals surface area contributed by atoms with Crippen molar-refractivity contribution in [2.75, 3.05) is 48.3 Å². The molecule has 186 valence electrons. The lowest BCUT2D eigenvalue weighted by atomic mass is 10.1. The number of nitrogens with one attached hydrogen (secondary N) is 2. The van der Waals surface area contributed by atoms with Gasteiger partial charge in [-0.25, -0.2) is 4.79 Å². The number of anilines is 3. The van der Waals surface area contributed by atoms with Crippen molar-refractivity contribution in [1.82, 2.24) is 4.90 Å². The summed E-state index contributed by atoms with van der Waals surface area (Å²) in [5.74, 6) is -1.52. The Morgan fingerprint density at radius 1 is 0.833 bits per heavy atom. The fourth-order valence-electron chi connectivity index (χ4n) is 4.24. The van der Waals surface area contributed by atoms with E-state index in [2.05, 4.69) is 20.4 Å². The molecule has 0 saturated carbocycles. The maximum absolute atomic E-state index is 12.7. The average molecular weight is 487 g/mol. The van der Waals surface area contributed by atoms with E-state index in [1.807, 2.05) is 56.3 Å². The number of benzene rings is 3. The molecule has 3 aromatic rings. The Bertz CT molecular complexity index is 1260. The van der Waals surface area contributed by atoms with Crippen molar-refractivity contribution in [3.8, 4) is 0 Å². The van der Waals surface area contributed by atoms with Gasteiger partial charge in [-0.2, -0.15) is 0 Å². The van der Waals surface area contributed by atoms with Crippen molar-refractivity contribution in [2.45, 2.75) is 13.8 Å². The number of aromatic carboxylic acids is 1. The number of carboxylic acid groups (broad SMARTS) is 1. The zero-order chi connectivity index (χ0) is 25.7. The van der Waals surface area contributed by atoms with Crippen LogP contribution in [0.25, 0.3) is 0 Å². The first-order chi connectivity index (χ1) is 17.3. The predicted octanol–water partition coefficient (Wildman–Crippen LogP) is 4.01. The number of hydrogen-bond acceptors (Lipinski definition) is 5. The van der Waals surface area contributed by atoms with E-state index in [1.54, 1.807) is 24.3 Å². The Kier molecular flexibility index (Phi) is 7.65. The van der Waals surface area contributed by atoms with E-state index in [1.165, 1.54) is 0 Å². The van der Waals surface area contributed by atoms with Gasteiger partial charge in [0.15, 0.2) is 0 Å². The maximum atomic E-state index is 12.7. The second kappa shape index (κ2) is 11.0. The van der Waals surface area contributed by atoms with E-state index < -0.39 is 5.97 Å². The standard InChI is InChI=1S/C28H30N4O4/c1-19-7-9-21(10-8-19)29-26(33)18-31-13-15-32(16-14-31)22-11-12-25(24(17-22)28(35)36)30-27(34)23-6-4-3-5-20(23)2/h3-12,17H,13-16,18H2,1-2H3,(H,29,33)(H,30,34)(H,35,36). The highest BCUT2D eigenvalue weighted by Crippen LogP contribution is 2.25. The molecule has 0 atom stereocenters. The molecule has 8 heteroatoms. The molecule has 1 fully saturated rings. The van der Waals surface area contributed by atoms with E-state index >= 15 is 0 Å². The summed E-state index contributed by atoms with van der Waals surface area (Å²) < 4.78 is 0. The summed E-state index contributed by atoms with van der Waals surface area (Å²) in [5, 5.41) is 15.4. The Balaban J connectivity index is 1.36. The van der Waals surface area contributed by atoms with E-state index in [0.717, 1.165) is 22.5 Å². The number of carbonyl (C=O) groups excluding carboxylic acids is 2. The molecule has 0 spiro atoms. The number of rotatable bonds is 7. The molecule has 36 heavy (non-hydrogen) atoms. The summed E-state index contributed by atoms with van der Waals surface area (Å²) in [6, 6.07) is 19.9. The average Bonchev–Trinajstić information content (AvgIpc) is 2.86. The Morgan fingerprint density at radius 3 is 2.19 bits per heavy atom. The number of aryl methyl sites for hydroxylation is 2. The van der Waals surface area contributed by atoms with Crippen LogP contribution in [0.2, 0.25) is 0 Å². The van der Waals surface area contributed by atoms with Crippen LogP contribution in [0.3, 0.4) is 0 Å². The second-order valence-electron chi connectivity index (χ2n) is 8.98. The van der Waals surface area contributed by atoms with Crippen LogP contribution in [-0.2, 0) is 4.79 Å². The van der Waals surface area contributed by atoms with Crippen LogP contribution in [0.5, 0.6) is 0 Å². The van der Waals surface area contributed by atoms with Crippen LogP contribution < -0.4 is 15.5 Å². The van der Waals surface area contributed by atoms with Gasteiger partial charge in [0.1, 0.15) is 0 Å². The third-order valence-corrected chi connectivity index (χ3v) is 6.31. The Labute approximate surface area is 210 Å². The minimum Gasteiger partial charge on any atom is -0.478 e. The quantitative estimate of drug-likeness (QED) is 0.466. The van der Waals surface area contributed by atoms with Crippen molar-refractivity contribution in [2.24, 2.45) is 0 Å². The predicted molar refractivity (Wildman–Crippen MR) is 141 cm³/mol. The summed E-state index contributed by atoms with van der Waals surface area (Å²) in [7, 11) is 0. The van der Waals surface area contributed by atoms with Gasteiger partial charge < -0.3 is 20.6 Å². The van der Waals surface area contributed by atoms with Crippen molar-refractivity contribution in [1.29, 1.82) is 0 Å². The molecule has 1 saturated heterocycles. The van der Waals surface area contributed by atoms with Gasteiger partial charge in [-0.05, 0) is 55.8 Å². The monoisotopic (exact) mass is 486 g/mol. The van der Waals surface area contributed by atoms with Gasteiger partial charge in [-0.1, -0.05) is 35.9 Å². The second-order valence-corrected chi connectivity index (χ2v) is 8.98. The maximum Gasteiger partial charge on any atom is 0.337 e. The Hall–Kier alpha value is -4.17. The van der Waals surface area contributed by atoms with Crippen LogP contribution in [-0.4, -0.2) is 60.5 Å². The zero-order valence-corrected chi connectivity index (χ0v) is 20.5. The minimum absolute atomic E-state index is 0.0364. The number of amides is 2. The number of piperazine rings is 1. The molecular weight excluding hydrogens is 456 g/mol. The molecule has 1 aliphatic rings. The third-order valence-electron chi connectivity index (χ3n) is 6.31. The summed E-state index contributed by atoms with van der Waals surface area (Å²) >= 11 is 0. The normalized spacial score (nSPS) is 13.8. The van der Waals surface area contributed by atoms with Crippen molar-refractivity contribution in [3.05, 3.63) is 89.0 Å². The lowest BCUT2D eigenvalue weighted by molar-refractivity contribution is -0.117. The largest absolute Gasteiger partial charge is 0.478 e. The highest BCUT2D eigenvalue weighted by Gasteiger charge is 2.22. The minimum atomic E-state index is -1.11. The molecule has 4 rings (SSSR count). The smallest absolute Gasteiger partial charge is 0.337 e. The zero-order valence-electron chi connectivity index (χ0n) is 20.5. The first-order valence-electron chi connectivity index (χ1n) is 11.9. The highest BCUT2D eigenvalue weighted by molar-refractivity contribution is 6.08. The number of hydrogen-bond donors (Lipinski definition) is 3. The van der Waals surface area contributed by atoms with Gasteiger partial charge in [0, 0.05) is 43.1 Å². The summed E-state index contributed by atoms with van der Waals surface area (Å²) in [4.78, 5) is 41.2. The summed E-state index contributed by atoms with van der Waals surface area (Å²) in [5.41, 5.74) is 4.29. The van der Waals surface area contributed by atoms with Crippen LogP contribution in [0.1, 0.15) is 31.8 Å². The van der Waals surface area contributed by atoms with Gasteiger partial charge in [-0.3, -0.25) is 14.5 Å². The van der Waals surface area contributed by atoms with Crippen LogP contribution in [0.15, 0.2) is 66.7 Å². The van der Waals surface area contributed by atoms with E-state index in [-0.39, 0.29) is 23.1 Å². The van der Waals surface area contributed by atoms with Gasteiger partial charge in [0.2, 0.25) is 5.91 Å². The Morgan fingerprint density at radius 2 is 1.53 bits per heavy atom. The topological polar surface area (TPSA) is 102 Å². The van der Waals surface area contributed by atoms with E-state index in [4.69, 9.17) is 0 Å². The highest BCUT2D eigenvalue weighted by atomic mass is 16.4. The summed E-state index contributed by atoms with van der Waals surface area (Å²) in [6.07, 6.45) is 0. The third kappa shape index (κ3) is 6.09. The molecule has 1 heterocycles. The molecule has 0 radical (unpaired) electrons. The molecular formula is C28H30N4O4. The SMILES string of the molecule is Cc1ccc(NC(=O)CN2CCN(c3ccc(NC(=O)c4ccccc4C)c(C(=O)O)c3)CC2)cc1. The lowest BCUT2D eigenvalue weighted by Gasteiger charge is -2.36.